The number of aryl methyl sites for hydroxylation is 2. The Labute approximate surface area is 189 Å². The maximum atomic E-state index is 13.1. The molecule has 0 aliphatic carbocycles. The summed E-state index contributed by atoms with van der Waals surface area (Å²) < 4.78 is 11.0. The van der Waals surface area contributed by atoms with E-state index in [-0.39, 0.29) is 11.3 Å². The van der Waals surface area contributed by atoms with E-state index in [1.165, 1.54) is 0 Å². The highest BCUT2D eigenvalue weighted by Gasteiger charge is 2.45. The Balaban J connectivity index is 2.06. The third-order valence-corrected chi connectivity index (χ3v) is 5.57. The molecule has 1 N–H and O–H groups in total. The second-order valence-electron chi connectivity index (χ2n) is 7.87. The Morgan fingerprint density at radius 1 is 1.03 bits per heavy atom. The molecule has 170 valence electrons. The lowest BCUT2D eigenvalue weighted by Crippen LogP contribution is -2.31. The molecule has 0 radical (unpaired) electrons. The molecule has 6 heteroatoms. The Morgan fingerprint density at radius 3 is 2.38 bits per heavy atom. The summed E-state index contributed by atoms with van der Waals surface area (Å²) in [5.41, 5.74) is 3.29. The summed E-state index contributed by atoms with van der Waals surface area (Å²) in [4.78, 5) is 27.5. The molecule has 0 bridgehead atoms. The van der Waals surface area contributed by atoms with Crippen LogP contribution in [0, 0.1) is 13.8 Å². The van der Waals surface area contributed by atoms with Crippen molar-refractivity contribution in [3.63, 3.8) is 0 Å². The van der Waals surface area contributed by atoms with Crippen molar-refractivity contribution in [3.8, 4) is 5.75 Å². The molecule has 1 unspecified atom stereocenters. The molecule has 3 rings (SSSR count). The van der Waals surface area contributed by atoms with Crippen LogP contribution in [0.25, 0.3) is 5.76 Å². The third kappa shape index (κ3) is 4.86. The molecule has 6 nitrogen and oxygen atoms in total. The third-order valence-electron chi connectivity index (χ3n) is 5.57. The number of rotatable bonds is 9. The summed E-state index contributed by atoms with van der Waals surface area (Å²) in [7, 11) is 0. The molecule has 0 saturated carbocycles. The van der Waals surface area contributed by atoms with Gasteiger partial charge in [-0.2, -0.15) is 0 Å². The smallest absolute Gasteiger partial charge is 0.295 e. The van der Waals surface area contributed by atoms with Crippen molar-refractivity contribution in [1.29, 1.82) is 0 Å². The van der Waals surface area contributed by atoms with Crippen molar-refractivity contribution < 1.29 is 24.2 Å². The summed E-state index contributed by atoms with van der Waals surface area (Å²) in [5, 5.41) is 11.2. The van der Waals surface area contributed by atoms with Crippen molar-refractivity contribution in [2.75, 3.05) is 26.4 Å². The number of hydrogen-bond donors (Lipinski definition) is 1. The van der Waals surface area contributed by atoms with Gasteiger partial charge in [0.15, 0.2) is 0 Å². The zero-order chi connectivity index (χ0) is 23.3. The maximum Gasteiger partial charge on any atom is 0.295 e. The summed E-state index contributed by atoms with van der Waals surface area (Å²) in [6, 6.07) is 12.3. The van der Waals surface area contributed by atoms with E-state index < -0.39 is 17.7 Å². The number of benzene rings is 2. The lowest BCUT2D eigenvalue weighted by Gasteiger charge is -2.25. The van der Waals surface area contributed by atoms with Gasteiger partial charge >= 0.3 is 0 Å². The lowest BCUT2D eigenvalue weighted by atomic mass is 9.94. The first kappa shape index (κ1) is 23.5. The molecule has 1 aliphatic rings. The van der Waals surface area contributed by atoms with Gasteiger partial charge in [0.25, 0.3) is 11.7 Å². The van der Waals surface area contributed by atoms with Crippen molar-refractivity contribution in [2.45, 2.75) is 40.2 Å². The molecule has 0 aromatic heterocycles. The zero-order valence-electron chi connectivity index (χ0n) is 19.2. The van der Waals surface area contributed by atoms with Crippen LogP contribution in [0.15, 0.2) is 48.0 Å². The van der Waals surface area contributed by atoms with Gasteiger partial charge in [-0.05, 0) is 63.4 Å². The number of likely N-dealkylation sites (tertiary alicyclic amines) is 1. The van der Waals surface area contributed by atoms with E-state index >= 15 is 0 Å². The quantitative estimate of drug-likeness (QED) is 0.270. The van der Waals surface area contributed by atoms with Gasteiger partial charge in [0.05, 0.1) is 18.2 Å². The standard InChI is InChI=1S/C26H31NO5/c1-5-31-15-7-14-27-23(19-10-8-17(3)9-11-19)22(25(29)26(27)30)24(28)20-12-13-21(32-6-2)18(4)16-20/h8-13,16,23,28H,5-7,14-15H2,1-4H3. The Kier molecular flexibility index (Phi) is 7.70. The molecule has 2 aromatic rings. The largest absolute Gasteiger partial charge is 0.507 e. The van der Waals surface area contributed by atoms with Crippen LogP contribution < -0.4 is 4.74 Å². The molecule has 32 heavy (non-hydrogen) atoms. The highest BCUT2D eigenvalue weighted by atomic mass is 16.5. The Morgan fingerprint density at radius 2 is 1.75 bits per heavy atom. The second-order valence-corrected chi connectivity index (χ2v) is 7.87. The van der Waals surface area contributed by atoms with E-state index in [4.69, 9.17) is 9.47 Å². The SMILES string of the molecule is CCOCCCN1C(=O)C(=O)C(=C(O)c2ccc(OCC)c(C)c2)C1c1ccc(C)cc1. The predicted octanol–water partition coefficient (Wildman–Crippen LogP) is 4.55. The molecular formula is C26H31NO5. The summed E-state index contributed by atoms with van der Waals surface area (Å²) >= 11 is 0. The Hall–Kier alpha value is -3.12. The van der Waals surface area contributed by atoms with Gasteiger partial charge in [0.1, 0.15) is 11.5 Å². The fraction of sp³-hybridized carbons (Fsp3) is 0.385. The molecule has 1 heterocycles. The van der Waals surface area contributed by atoms with Gasteiger partial charge in [-0.1, -0.05) is 29.8 Å². The number of ketones is 1. The second kappa shape index (κ2) is 10.5. The molecule has 1 amide bonds. The highest BCUT2D eigenvalue weighted by molar-refractivity contribution is 6.46. The van der Waals surface area contributed by atoms with Gasteiger partial charge in [-0.3, -0.25) is 9.59 Å². The fourth-order valence-electron chi connectivity index (χ4n) is 3.96. The molecule has 0 spiro atoms. The van der Waals surface area contributed by atoms with Crippen molar-refractivity contribution in [1.82, 2.24) is 4.90 Å². The molecule has 1 saturated heterocycles. The van der Waals surface area contributed by atoms with Crippen LogP contribution in [0.5, 0.6) is 5.75 Å². The number of amides is 1. The molecular weight excluding hydrogens is 406 g/mol. The minimum atomic E-state index is -0.670. The number of nitrogens with zero attached hydrogens (tertiary/aromatic N) is 1. The van der Waals surface area contributed by atoms with Gasteiger partial charge in [0.2, 0.25) is 0 Å². The van der Waals surface area contributed by atoms with E-state index in [1.807, 2.05) is 52.0 Å². The molecule has 1 aliphatic heterocycles. The number of carbonyl (C=O) groups is 2. The van der Waals surface area contributed by atoms with Crippen LogP contribution in [0.4, 0.5) is 0 Å². The normalized spacial score (nSPS) is 17.8. The monoisotopic (exact) mass is 437 g/mol. The summed E-state index contributed by atoms with van der Waals surface area (Å²) in [6.07, 6.45) is 0.603. The highest BCUT2D eigenvalue weighted by Crippen LogP contribution is 2.40. The van der Waals surface area contributed by atoms with Gasteiger partial charge < -0.3 is 19.5 Å². The van der Waals surface area contributed by atoms with E-state index in [1.54, 1.807) is 23.1 Å². The van der Waals surface area contributed by atoms with E-state index in [9.17, 15) is 14.7 Å². The lowest BCUT2D eigenvalue weighted by molar-refractivity contribution is -0.140. The van der Waals surface area contributed by atoms with E-state index in [0.29, 0.717) is 38.3 Å². The van der Waals surface area contributed by atoms with E-state index in [2.05, 4.69) is 0 Å². The van der Waals surface area contributed by atoms with Crippen LogP contribution in [-0.4, -0.2) is 48.1 Å². The van der Waals surface area contributed by atoms with Crippen LogP contribution in [0.3, 0.4) is 0 Å². The van der Waals surface area contributed by atoms with Crippen LogP contribution in [0.2, 0.25) is 0 Å². The zero-order valence-corrected chi connectivity index (χ0v) is 19.2. The van der Waals surface area contributed by atoms with Crippen molar-refractivity contribution in [3.05, 3.63) is 70.3 Å². The number of Topliss-reactive ketones (excluding diaryl/α,β-unsaturated/α-hetero) is 1. The number of hydrogen-bond acceptors (Lipinski definition) is 5. The van der Waals surface area contributed by atoms with Crippen LogP contribution in [-0.2, 0) is 14.3 Å². The van der Waals surface area contributed by atoms with E-state index in [0.717, 1.165) is 22.4 Å². The summed E-state index contributed by atoms with van der Waals surface area (Å²) in [6.45, 7) is 9.67. The molecule has 2 aromatic carbocycles. The summed E-state index contributed by atoms with van der Waals surface area (Å²) in [5.74, 6) is -0.727. The number of aliphatic hydroxyl groups is 1. The topological polar surface area (TPSA) is 76.1 Å². The van der Waals surface area contributed by atoms with Gasteiger partial charge in [-0.25, -0.2) is 0 Å². The fourth-order valence-corrected chi connectivity index (χ4v) is 3.96. The maximum absolute atomic E-state index is 13.1. The first-order valence-electron chi connectivity index (χ1n) is 11.1. The van der Waals surface area contributed by atoms with Gasteiger partial charge in [0, 0.05) is 25.3 Å². The minimum absolute atomic E-state index is 0.110. The number of carbonyl (C=O) groups excluding carboxylic acids is 2. The predicted molar refractivity (Wildman–Crippen MR) is 124 cm³/mol. The average molecular weight is 438 g/mol. The van der Waals surface area contributed by atoms with Crippen molar-refractivity contribution >= 4 is 17.4 Å². The first-order valence-corrected chi connectivity index (χ1v) is 11.1. The number of ether oxygens (including phenoxy) is 2. The average Bonchev–Trinajstić information content (AvgIpc) is 3.03. The van der Waals surface area contributed by atoms with Crippen molar-refractivity contribution in [2.24, 2.45) is 0 Å². The molecule has 1 atom stereocenters. The first-order chi connectivity index (χ1) is 15.4. The van der Waals surface area contributed by atoms with Crippen LogP contribution >= 0.6 is 0 Å². The minimum Gasteiger partial charge on any atom is -0.507 e. The molecule has 1 fully saturated rings. The van der Waals surface area contributed by atoms with Crippen LogP contribution in [0.1, 0.15) is 48.6 Å². The number of aliphatic hydroxyl groups excluding tert-OH is 1. The van der Waals surface area contributed by atoms with Gasteiger partial charge in [-0.15, -0.1) is 0 Å². The Bertz CT molecular complexity index is 1010.